The molecule has 20 aromatic carbocycles. The topological polar surface area (TPSA) is 133 Å². The minimum Gasteiger partial charge on any atom is -0.309 e. The fourth-order valence-electron chi connectivity index (χ4n) is 21.9. The van der Waals surface area contributed by atoms with Crippen molar-refractivity contribution in [1.82, 2.24) is 67.3 Å². The van der Waals surface area contributed by atoms with Crippen LogP contribution in [0.4, 0.5) is 0 Å². The molecule has 11 aromatic heterocycles. The molecule has 144 heavy (non-hydrogen) atoms. The van der Waals surface area contributed by atoms with Gasteiger partial charge in [-0.15, -0.1) is 22.7 Å². The summed E-state index contributed by atoms with van der Waals surface area (Å²) in [5, 5.41) is 20.3. The van der Waals surface area contributed by atoms with Gasteiger partial charge in [-0.25, -0.2) is 19.9 Å². The zero-order valence-corrected chi connectivity index (χ0v) is 78.7. The molecule has 0 bridgehead atoms. The third kappa shape index (κ3) is 13.3. The van der Waals surface area contributed by atoms with E-state index in [1.54, 1.807) is 22.7 Å². The van der Waals surface area contributed by atoms with Gasteiger partial charge in [0.05, 0.1) is 77.4 Å². The van der Waals surface area contributed by atoms with Gasteiger partial charge in [0.25, 0.3) is 0 Å². The molecule has 16 heteroatoms. The van der Waals surface area contributed by atoms with E-state index >= 15 is 0 Å². The first-order valence-electron chi connectivity index (χ1n) is 48.3. The maximum atomic E-state index is 5.34. The molecule has 672 valence electrons. The highest BCUT2D eigenvalue weighted by Crippen LogP contribution is 2.48. The lowest BCUT2D eigenvalue weighted by atomic mass is 10.1. The number of thiophene rings is 2. The summed E-state index contributed by atoms with van der Waals surface area (Å²) in [6.45, 7) is 0. The van der Waals surface area contributed by atoms with E-state index in [1.807, 2.05) is 48.5 Å². The molecule has 0 aliphatic rings. The number of para-hydroxylation sites is 10. The maximum Gasteiger partial charge on any atom is 0.238 e. The molecule has 0 saturated carbocycles. The van der Waals surface area contributed by atoms with Crippen LogP contribution in [0.3, 0.4) is 0 Å². The lowest BCUT2D eigenvalue weighted by Crippen LogP contribution is -2.06. The maximum absolute atomic E-state index is 5.34. The molecule has 0 unspecified atom stereocenters. The van der Waals surface area contributed by atoms with Gasteiger partial charge in [-0.05, 0) is 140 Å². The molecule has 0 atom stereocenters. The molecule has 11 heterocycles. The highest BCUT2D eigenvalue weighted by molar-refractivity contribution is 7.26. The van der Waals surface area contributed by atoms with Crippen molar-refractivity contribution < 1.29 is 0 Å². The summed E-state index contributed by atoms with van der Waals surface area (Å²) >= 11 is 3.59. The van der Waals surface area contributed by atoms with E-state index in [0.29, 0.717) is 41.1 Å². The smallest absolute Gasteiger partial charge is 0.238 e. The Morgan fingerprint density at radius 2 is 0.451 bits per heavy atom. The van der Waals surface area contributed by atoms with Crippen molar-refractivity contribution in [2.24, 2.45) is 0 Å². The van der Waals surface area contributed by atoms with E-state index in [9.17, 15) is 0 Å². The Balaban J connectivity index is 0.000000103. The van der Waals surface area contributed by atoms with Gasteiger partial charge in [0.1, 0.15) is 0 Å². The van der Waals surface area contributed by atoms with Crippen LogP contribution in [0.15, 0.2) is 473 Å². The van der Waals surface area contributed by atoms with Crippen LogP contribution in [0.5, 0.6) is 0 Å². The van der Waals surface area contributed by atoms with E-state index in [4.69, 9.17) is 39.9 Å². The first-order chi connectivity index (χ1) is 71.4. The number of aromatic nitrogens is 14. The number of benzene rings is 20. The van der Waals surface area contributed by atoms with Crippen molar-refractivity contribution in [2.75, 3.05) is 0 Å². The summed E-state index contributed by atoms with van der Waals surface area (Å²) in [5.41, 5.74) is 23.5. The van der Waals surface area contributed by atoms with E-state index in [1.165, 1.54) is 100.0 Å². The van der Waals surface area contributed by atoms with Crippen molar-refractivity contribution in [2.45, 2.75) is 0 Å². The molecule has 0 aliphatic heterocycles. The van der Waals surface area contributed by atoms with E-state index in [0.717, 1.165) is 133 Å². The number of nitrogens with zero attached hydrogens (tertiary/aromatic N) is 14. The number of fused-ring (bicyclic) bond motifs is 25. The highest BCUT2D eigenvalue weighted by Gasteiger charge is 2.28. The standard InChI is InChI=1S/2C45H27N5S.C38H24N4/c1-3-14-28(15-4-1)43-46-44(34-22-13-21-33-32-20-9-12-25-41(32)51-42(33)34)48-45(47-43)50-38-24-11-8-19-31(38)36-26-35-30-18-7-10-23-37(30)49(39(35)27-40(36)50)29-16-5-2-6-17-29;1-3-13-28(14-4-1)43-46-44(29-23-24-34-33-19-9-12-22-41(33)51-42(34)25-29)48-45(47-43)50-38-21-11-8-18-32(38)36-26-35-31-17-7-10-20-37(31)49(39(35)27-40(36)50)30-15-5-2-6-16-30;1-3-13-25(14-4-1)37-29-19-7-10-20-32(29)39-38(40-37)42-34-22-12-9-18-28(34)31-23-30-27-17-8-11-21-33(27)41(35(30)24-36(31)42)26-15-5-2-6-16-26/h2*1-27H;1-24H. The minimum atomic E-state index is 0.586. The Morgan fingerprint density at radius 1 is 0.153 bits per heavy atom. The van der Waals surface area contributed by atoms with E-state index < -0.39 is 0 Å². The summed E-state index contributed by atoms with van der Waals surface area (Å²) in [5.74, 6) is 4.41. The monoisotopic (exact) mass is 1870 g/mol. The zero-order valence-electron chi connectivity index (χ0n) is 77.1. The largest absolute Gasteiger partial charge is 0.309 e. The highest BCUT2D eigenvalue weighted by atomic mass is 32.1. The minimum absolute atomic E-state index is 0.586. The predicted molar refractivity (Wildman–Crippen MR) is 598 cm³/mol. The van der Waals surface area contributed by atoms with Crippen LogP contribution in [0.2, 0.25) is 0 Å². The molecule has 0 N–H and O–H groups in total. The molecule has 31 aromatic rings. The fraction of sp³-hybridized carbons (Fsp3) is 0. The Labute approximate surface area is 830 Å². The first-order valence-corrected chi connectivity index (χ1v) is 49.9. The third-order valence-corrected chi connectivity index (χ3v) is 30.6. The lowest BCUT2D eigenvalue weighted by Gasteiger charge is -2.12. The second-order valence-electron chi connectivity index (χ2n) is 36.4. The van der Waals surface area contributed by atoms with Crippen LogP contribution >= 0.6 is 22.7 Å². The molecule has 31 rings (SSSR count). The number of rotatable bonds is 11. The summed E-state index contributed by atoms with van der Waals surface area (Å²) in [6, 6.07) is 167. The molecule has 0 aliphatic carbocycles. The molecule has 0 fully saturated rings. The van der Waals surface area contributed by atoms with Gasteiger partial charge < -0.3 is 13.7 Å². The average Bonchev–Trinajstić information content (AvgIpc) is 1.56. The van der Waals surface area contributed by atoms with Gasteiger partial charge in [0.2, 0.25) is 17.8 Å². The first kappa shape index (κ1) is 82.1. The Bertz CT molecular complexity index is 10600. The molecular formula is C128H78N14S2. The summed E-state index contributed by atoms with van der Waals surface area (Å²) < 4.78 is 18.7. The molecular weight excluding hydrogens is 1800 g/mol. The molecule has 0 spiro atoms. The van der Waals surface area contributed by atoms with E-state index in [2.05, 4.69) is 452 Å². The van der Waals surface area contributed by atoms with E-state index in [-0.39, 0.29) is 0 Å². The van der Waals surface area contributed by atoms with Crippen molar-refractivity contribution in [3.05, 3.63) is 473 Å². The SMILES string of the molecule is c1ccc(-c2nc(-c3ccc4c(c3)sc3ccccc34)nc(-n3c4ccccc4c4cc5c6ccccc6n(-c6ccccc6)c5cc43)n2)cc1.c1ccc(-c2nc(-c3cccc4c3sc3ccccc34)nc(-n3c4ccccc4c4cc5c6ccccc6n(-c6ccccc6)c5cc43)n2)cc1.c1ccc(-c2nc(-n3c4ccccc4c4cc5c6ccccc6n(-c6ccccc6)c5cc43)nc3ccccc23)cc1. The van der Waals surface area contributed by atoms with Gasteiger partial charge in [0.15, 0.2) is 23.3 Å². The second kappa shape index (κ2) is 33.4. The predicted octanol–water partition coefficient (Wildman–Crippen LogP) is 33.0. The van der Waals surface area contributed by atoms with Gasteiger partial charge >= 0.3 is 0 Å². The number of hydrogen-bond donors (Lipinski definition) is 0. The van der Waals surface area contributed by atoms with Gasteiger partial charge in [0, 0.05) is 155 Å². The fourth-order valence-corrected chi connectivity index (χ4v) is 24.2. The summed E-state index contributed by atoms with van der Waals surface area (Å²) in [7, 11) is 0. The van der Waals surface area contributed by atoms with Crippen LogP contribution in [0.25, 0.3) is 274 Å². The molecule has 0 saturated heterocycles. The van der Waals surface area contributed by atoms with Crippen LogP contribution < -0.4 is 0 Å². The lowest BCUT2D eigenvalue weighted by molar-refractivity contribution is 0.953. The Kier molecular flexibility index (Phi) is 19.0. The number of hydrogen-bond acceptors (Lipinski definition) is 10. The average molecular weight is 1880 g/mol. The van der Waals surface area contributed by atoms with Crippen LogP contribution in [-0.4, -0.2) is 67.3 Å². The third-order valence-electron chi connectivity index (χ3n) is 28.3. The van der Waals surface area contributed by atoms with Gasteiger partial charge in [-0.2, -0.15) is 19.9 Å². The second-order valence-corrected chi connectivity index (χ2v) is 38.6. The Hall–Kier alpha value is -19.0. The summed E-state index contributed by atoms with van der Waals surface area (Å²) in [6.07, 6.45) is 0. The van der Waals surface area contributed by atoms with Crippen LogP contribution in [0.1, 0.15) is 0 Å². The van der Waals surface area contributed by atoms with Crippen LogP contribution in [-0.2, 0) is 0 Å². The zero-order chi connectivity index (χ0) is 94.6. The quantitative estimate of drug-likeness (QED) is 0.125. The van der Waals surface area contributed by atoms with Crippen molar-refractivity contribution >= 4 is 205 Å². The molecule has 0 radical (unpaired) electrons. The van der Waals surface area contributed by atoms with Crippen molar-refractivity contribution in [3.63, 3.8) is 0 Å². The van der Waals surface area contributed by atoms with Gasteiger partial charge in [-0.3, -0.25) is 13.7 Å². The summed E-state index contributed by atoms with van der Waals surface area (Å²) in [4.78, 5) is 41.7. The van der Waals surface area contributed by atoms with Crippen LogP contribution in [0, 0.1) is 0 Å². The molecule has 0 amide bonds. The normalized spacial score (nSPS) is 11.9. The van der Waals surface area contributed by atoms with Crippen molar-refractivity contribution in [1.29, 1.82) is 0 Å². The van der Waals surface area contributed by atoms with Gasteiger partial charge in [-0.1, -0.05) is 334 Å². The molecule has 14 nitrogen and oxygen atoms in total. The Morgan fingerprint density at radius 3 is 0.875 bits per heavy atom. The van der Waals surface area contributed by atoms with Crippen molar-refractivity contribution in [3.8, 4) is 91.7 Å².